The van der Waals surface area contributed by atoms with Gasteiger partial charge >= 0.3 is 0 Å². The molecule has 0 radical (unpaired) electrons. The fourth-order valence-corrected chi connectivity index (χ4v) is 9.74. The van der Waals surface area contributed by atoms with Crippen LogP contribution in [0.5, 0.6) is 11.5 Å². The Balaban J connectivity index is 0.941. The van der Waals surface area contributed by atoms with Crippen molar-refractivity contribution in [2.75, 3.05) is 67.5 Å². The number of ether oxygens (including phenoxy) is 1. The highest BCUT2D eigenvalue weighted by molar-refractivity contribution is 7.99. The molecule has 1 aliphatic rings. The van der Waals surface area contributed by atoms with Gasteiger partial charge in [-0.1, -0.05) is 72.8 Å². The van der Waals surface area contributed by atoms with Crippen molar-refractivity contribution in [3.05, 3.63) is 168 Å². The minimum absolute atomic E-state index is 0.0839. The molecule has 1 atom stereocenters. The van der Waals surface area contributed by atoms with Crippen molar-refractivity contribution >= 4 is 55.6 Å². The largest absolute Gasteiger partial charge is 0.457 e. The van der Waals surface area contributed by atoms with E-state index in [4.69, 9.17) is 4.74 Å². The molecule has 8 rings (SSSR count). The highest BCUT2D eigenvalue weighted by atomic mass is 32.2. The zero-order chi connectivity index (χ0) is 44.5. The first-order valence-corrected chi connectivity index (χ1v) is 23.6. The van der Waals surface area contributed by atoms with Crippen LogP contribution >= 0.6 is 11.8 Å². The number of benzene rings is 6. The van der Waals surface area contributed by atoms with Gasteiger partial charge in [-0.25, -0.2) is 18.4 Å². The first-order valence-electron chi connectivity index (χ1n) is 21.1. The number of nitrogens with zero attached hydrogens (tertiary/aromatic N) is 6. The van der Waals surface area contributed by atoms with Crippen LogP contribution in [0.25, 0.3) is 22.0 Å². The second-order valence-corrected chi connectivity index (χ2v) is 18.7. The van der Waals surface area contributed by atoms with Crippen molar-refractivity contribution < 1.29 is 18.1 Å². The molecule has 13 nitrogen and oxygen atoms in total. The molecular formula is C49H50N8O5S2. The van der Waals surface area contributed by atoms with Gasteiger partial charge in [0.1, 0.15) is 23.5 Å². The van der Waals surface area contributed by atoms with Gasteiger partial charge in [-0.15, -0.1) is 11.8 Å². The Kier molecular flexibility index (Phi) is 14.0. The third-order valence-electron chi connectivity index (χ3n) is 11.1. The molecule has 0 aliphatic carbocycles. The highest BCUT2D eigenvalue weighted by Crippen LogP contribution is 2.34. The van der Waals surface area contributed by atoms with Gasteiger partial charge in [-0.05, 0) is 110 Å². The third-order valence-corrected chi connectivity index (χ3v) is 13.6. The Morgan fingerprint density at radius 2 is 1.53 bits per heavy atom. The van der Waals surface area contributed by atoms with E-state index in [2.05, 4.69) is 71.1 Å². The molecule has 7 aromatic rings. The molecule has 328 valence electrons. The Morgan fingerprint density at radius 3 is 2.25 bits per heavy atom. The maximum atomic E-state index is 13.8. The zero-order valence-corrected chi connectivity index (χ0v) is 37.3. The van der Waals surface area contributed by atoms with Gasteiger partial charge in [0.25, 0.3) is 15.7 Å². The van der Waals surface area contributed by atoms with Crippen LogP contribution in [0.3, 0.4) is 0 Å². The van der Waals surface area contributed by atoms with E-state index in [1.165, 1.54) is 29.6 Å². The quantitative estimate of drug-likeness (QED) is 0.0481. The average molecular weight is 895 g/mol. The Labute approximate surface area is 378 Å². The molecule has 0 bridgehead atoms. The number of rotatable bonds is 18. The number of nitro benzene ring substituents is 1. The van der Waals surface area contributed by atoms with Crippen LogP contribution < -0.4 is 19.7 Å². The summed E-state index contributed by atoms with van der Waals surface area (Å²) in [6, 6.07) is 46.0. The summed E-state index contributed by atoms with van der Waals surface area (Å²) in [7, 11) is -0.328. The second-order valence-electron chi connectivity index (χ2n) is 15.9. The van der Waals surface area contributed by atoms with Gasteiger partial charge in [-0.2, -0.15) is 0 Å². The number of nitrogens with one attached hydrogen (secondary N) is 2. The summed E-state index contributed by atoms with van der Waals surface area (Å²) in [4.78, 5) is 28.2. The van der Waals surface area contributed by atoms with Crippen molar-refractivity contribution in [1.82, 2.24) is 19.8 Å². The molecule has 6 aromatic carbocycles. The number of nitro groups is 1. The lowest BCUT2D eigenvalue weighted by atomic mass is 9.98. The van der Waals surface area contributed by atoms with Crippen molar-refractivity contribution in [1.29, 1.82) is 0 Å². The van der Waals surface area contributed by atoms with Gasteiger partial charge in [-0.3, -0.25) is 19.7 Å². The second kappa shape index (κ2) is 20.3. The van der Waals surface area contributed by atoms with Crippen LogP contribution in [0.4, 0.5) is 22.9 Å². The van der Waals surface area contributed by atoms with Crippen LogP contribution in [-0.4, -0.2) is 91.7 Å². The predicted molar refractivity (Wildman–Crippen MR) is 257 cm³/mol. The standard InChI is InChI=1S/C49H50N8O5S2/c1-54(2)25-24-38(34-63-42-16-10-5-11-17-42)52-46-23-20-43(32-48(46)57(58)59)64(60,61)53-49-45-21-18-39(31-47(45)50-35-51-49)56-28-26-55(27-29-56)33-37-30-41(62-40-14-8-4-9-15-40)19-22-44(37)36-12-6-3-7-13-36/h3-23,30-32,35,38,52H,24-29,33-34H2,1-2H3,(H,50,51,53)/t38-/m1/s1. The van der Waals surface area contributed by atoms with Crippen molar-refractivity contribution in [2.45, 2.75) is 28.8 Å². The molecule has 0 unspecified atom stereocenters. The van der Waals surface area contributed by atoms with Gasteiger partial charge in [0, 0.05) is 66.6 Å². The lowest BCUT2D eigenvalue weighted by Crippen LogP contribution is -2.46. The lowest BCUT2D eigenvalue weighted by Gasteiger charge is -2.36. The van der Waals surface area contributed by atoms with E-state index in [0.717, 1.165) is 79.4 Å². The summed E-state index contributed by atoms with van der Waals surface area (Å²) in [6.45, 7) is 4.74. The molecule has 64 heavy (non-hydrogen) atoms. The molecule has 0 amide bonds. The van der Waals surface area contributed by atoms with E-state index in [1.807, 2.05) is 105 Å². The molecular weight excluding hydrogens is 845 g/mol. The number of para-hydroxylation sites is 1. The summed E-state index contributed by atoms with van der Waals surface area (Å²) in [6.07, 6.45) is 2.04. The predicted octanol–water partition coefficient (Wildman–Crippen LogP) is 9.64. The molecule has 2 heterocycles. The minimum atomic E-state index is -4.28. The highest BCUT2D eigenvalue weighted by Gasteiger charge is 2.25. The van der Waals surface area contributed by atoms with Gasteiger partial charge in [0.15, 0.2) is 5.82 Å². The molecule has 1 fully saturated rings. The summed E-state index contributed by atoms with van der Waals surface area (Å²) in [5.41, 5.74) is 4.97. The number of hydrogen-bond donors (Lipinski definition) is 2. The van der Waals surface area contributed by atoms with Gasteiger partial charge in [0.2, 0.25) is 0 Å². The van der Waals surface area contributed by atoms with Crippen molar-refractivity contribution in [3.8, 4) is 22.6 Å². The Bertz CT molecular complexity index is 2790. The smallest absolute Gasteiger partial charge is 0.293 e. The fourth-order valence-electron chi connectivity index (χ4n) is 7.70. The summed E-state index contributed by atoms with van der Waals surface area (Å²) >= 11 is 1.66. The van der Waals surface area contributed by atoms with E-state index < -0.39 is 14.9 Å². The minimum Gasteiger partial charge on any atom is -0.457 e. The normalized spacial score (nSPS) is 13.8. The first kappa shape index (κ1) is 44.1. The molecule has 1 saturated heterocycles. The summed E-state index contributed by atoms with van der Waals surface area (Å²) < 4.78 is 36.5. The van der Waals surface area contributed by atoms with E-state index >= 15 is 0 Å². The Hall–Kier alpha value is -6.52. The number of sulfonamides is 1. The lowest BCUT2D eigenvalue weighted by molar-refractivity contribution is -0.384. The molecule has 1 aliphatic heterocycles. The van der Waals surface area contributed by atoms with Crippen LogP contribution in [0, 0.1) is 10.1 Å². The number of aromatic nitrogens is 2. The fraction of sp³-hybridized carbons (Fsp3) is 0.224. The molecule has 0 spiro atoms. The van der Waals surface area contributed by atoms with Crippen LogP contribution in [-0.2, 0) is 16.6 Å². The number of piperazine rings is 1. The molecule has 1 aromatic heterocycles. The van der Waals surface area contributed by atoms with E-state index in [9.17, 15) is 18.5 Å². The summed E-state index contributed by atoms with van der Waals surface area (Å²) in [5.74, 6) is 2.33. The van der Waals surface area contributed by atoms with E-state index in [1.54, 1.807) is 11.8 Å². The number of thioether (sulfide) groups is 1. The monoisotopic (exact) mass is 894 g/mol. The van der Waals surface area contributed by atoms with Gasteiger partial charge < -0.3 is 19.9 Å². The maximum absolute atomic E-state index is 13.8. The van der Waals surface area contributed by atoms with Crippen LogP contribution in [0.15, 0.2) is 162 Å². The first-order chi connectivity index (χ1) is 31.1. The average Bonchev–Trinajstić information content (AvgIpc) is 3.31. The molecule has 0 saturated carbocycles. The van der Waals surface area contributed by atoms with Crippen LogP contribution in [0.1, 0.15) is 12.0 Å². The third kappa shape index (κ3) is 11.2. The van der Waals surface area contributed by atoms with Crippen molar-refractivity contribution in [2.24, 2.45) is 0 Å². The van der Waals surface area contributed by atoms with E-state index in [0.29, 0.717) is 16.7 Å². The molecule has 15 heteroatoms. The summed E-state index contributed by atoms with van der Waals surface area (Å²) in [5, 5.41) is 16.2. The Morgan fingerprint density at radius 1 is 0.812 bits per heavy atom. The number of anilines is 3. The molecule has 2 N–H and O–H groups in total. The zero-order valence-electron chi connectivity index (χ0n) is 35.7. The van der Waals surface area contributed by atoms with Gasteiger partial charge in [0.05, 0.1) is 15.3 Å². The van der Waals surface area contributed by atoms with Crippen LogP contribution in [0.2, 0.25) is 0 Å². The SMILES string of the molecule is CN(C)CC[C@H](CSc1ccccc1)Nc1ccc(S(=O)(=O)Nc2ncnc3cc(N4CCN(Cc5cc(Oc6ccccc6)ccc5-c5ccccc5)CC4)ccc23)cc1[N+](=O)[O-]. The number of fused-ring (bicyclic) bond motifs is 1. The maximum Gasteiger partial charge on any atom is 0.293 e. The topological polar surface area (TPSA) is 146 Å². The van der Waals surface area contributed by atoms with E-state index in [-0.39, 0.29) is 28.1 Å². The number of hydrogen-bond acceptors (Lipinski definition) is 12. The van der Waals surface area contributed by atoms with Crippen molar-refractivity contribution in [3.63, 3.8) is 0 Å².